The van der Waals surface area contributed by atoms with Crippen LogP contribution >= 0.6 is 0 Å². The zero-order valence-corrected chi connectivity index (χ0v) is 6.41. The first kappa shape index (κ1) is 9.33. The van der Waals surface area contributed by atoms with Crippen LogP contribution in [0.2, 0.25) is 0 Å². The van der Waals surface area contributed by atoms with Gasteiger partial charge in [-0.25, -0.2) is 0 Å². The zero-order chi connectivity index (χ0) is 10.1. The summed E-state index contributed by atoms with van der Waals surface area (Å²) in [5, 5.41) is 30.0. The Bertz CT molecular complexity index is 321. The summed E-state index contributed by atoms with van der Waals surface area (Å²) in [5.41, 5.74) is -3.39. The zero-order valence-electron chi connectivity index (χ0n) is 6.41. The predicted molar refractivity (Wildman–Crippen MR) is 40.8 cm³/mol. The predicted octanol–water partition coefficient (Wildman–Crippen LogP) is 0.0722. The summed E-state index contributed by atoms with van der Waals surface area (Å²) >= 11 is 0. The second kappa shape index (κ2) is 2.94. The lowest BCUT2D eigenvalue weighted by Gasteiger charge is -2.15. The quantitative estimate of drug-likeness (QED) is 0.373. The van der Waals surface area contributed by atoms with E-state index in [0.29, 0.717) is 0 Å². The van der Waals surface area contributed by atoms with E-state index in [1.165, 1.54) is 12.2 Å². The van der Waals surface area contributed by atoms with Gasteiger partial charge in [-0.15, -0.1) is 0 Å². The lowest BCUT2D eigenvalue weighted by molar-refractivity contribution is -0.644. The van der Waals surface area contributed by atoms with Gasteiger partial charge in [0.2, 0.25) is 0 Å². The van der Waals surface area contributed by atoms with Gasteiger partial charge in [0, 0.05) is 6.08 Å². The summed E-state index contributed by atoms with van der Waals surface area (Å²) in [7, 11) is 0. The smallest absolute Gasteiger partial charge is 0.322 e. The molecule has 1 unspecified atom stereocenters. The van der Waals surface area contributed by atoms with Crippen LogP contribution in [0.5, 0.6) is 0 Å². The SMILES string of the molecule is O=[N+]([O-])C1=CC=CCC1(O)[N+](=O)[O-]. The van der Waals surface area contributed by atoms with Gasteiger partial charge in [0.1, 0.15) is 0 Å². The molecule has 0 aromatic rings. The van der Waals surface area contributed by atoms with Crippen molar-refractivity contribution in [1.82, 2.24) is 0 Å². The highest BCUT2D eigenvalue weighted by molar-refractivity contribution is 5.19. The summed E-state index contributed by atoms with van der Waals surface area (Å²) in [4.78, 5) is 18.7. The third-order valence-electron chi connectivity index (χ3n) is 1.70. The summed E-state index contributed by atoms with van der Waals surface area (Å²) in [6.07, 6.45) is 3.14. The lowest BCUT2D eigenvalue weighted by atomic mass is 10.0. The number of aliphatic hydroxyl groups is 1. The molecular formula is C6H6N2O5. The maximum atomic E-state index is 10.4. The minimum Gasteiger partial charge on any atom is -0.322 e. The van der Waals surface area contributed by atoms with Gasteiger partial charge in [-0.2, -0.15) is 0 Å². The molecule has 1 aliphatic carbocycles. The monoisotopic (exact) mass is 186 g/mol. The van der Waals surface area contributed by atoms with Gasteiger partial charge in [-0.3, -0.25) is 20.2 Å². The molecule has 0 aromatic heterocycles. The van der Waals surface area contributed by atoms with E-state index in [9.17, 15) is 25.3 Å². The Morgan fingerprint density at radius 3 is 2.46 bits per heavy atom. The first-order valence-corrected chi connectivity index (χ1v) is 3.37. The van der Waals surface area contributed by atoms with Crippen molar-refractivity contribution in [3.05, 3.63) is 44.2 Å². The number of nitrogens with zero attached hydrogens (tertiary/aromatic N) is 2. The molecule has 0 fully saturated rings. The number of hydrogen-bond donors (Lipinski definition) is 1. The Morgan fingerprint density at radius 1 is 1.46 bits per heavy atom. The molecule has 0 aliphatic heterocycles. The molecule has 1 rings (SSSR count). The van der Waals surface area contributed by atoms with Crippen LogP contribution in [0.1, 0.15) is 6.42 Å². The maximum Gasteiger partial charge on any atom is 0.416 e. The van der Waals surface area contributed by atoms with Gasteiger partial charge < -0.3 is 5.11 Å². The molecule has 13 heavy (non-hydrogen) atoms. The molecule has 0 aromatic carbocycles. The minimum absolute atomic E-state index is 0.382. The van der Waals surface area contributed by atoms with Crippen molar-refractivity contribution in [2.45, 2.75) is 12.1 Å². The molecule has 0 amide bonds. The van der Waals surface area contributed by atoms with Crippen molar-refractivity contribution >= 4 is 0 Å². The van der Waals surface area contributed by atoms with Crippen molar-refractivity contribution in [1.29, 1.82) is 0 Å². The third-order valence-corrected chi connectivity index (χ3v) is 1.70. The van der Waals surface area contributed by atoms with Gasteiger partial charge in [-0.1, -0.05) is 12.2 Å². The Hall–Kier alpha value is -1.76. The standard InChI is InChI=1S/C6H6N2O5/c9-6(8(12)13)4-2-1-3-5(6)7(10)11/h1-3,9H,4H2. The molecule has 0 saturated carbocycles. The van der Waals surface area contributed by atoms with E-state index in [1.807, 2.05) is 0 Å². The molecule has 70 valence electrons. The van der Waals surface area contributed by atoms with Crippen LogP contribution in [0.4, 0.5) is 0 Å². The minimum atomic E-state index is -2.59. The van der Waals surface area contributed by atoms with Gasteiger partial charge in [-0.05, 0) is 0 Å². The largest absolute Gasteiger partial charge is 0.416 e. The second-order valence-corrected chi connectivity index (χ2v) is 2.52. The molecule has 0 spiro atoms. The molecule has 0 heterocycles. The van der Waals surface area contributed by atoms with Gasteiger partial charge in [0.05, 0.1) is 16.3 Å². The fourth-order valence-corrected chi connectivity index (χ4v) is 1.00. The Morgan fingerprint density at radius 2 is 2.08 bits per heavy atom. The average molecular weight is 186 g/mol. The Labute approximate surface area is 72.3 Å². The van der Waals surface area contributed by atoms with E-state index < -0.39 is 21.3 Å². The van der Waals surface area contributed by atoms with Crippen LogP contribution in [0.3, 0.4) is 0 Å². The van der Waals surface area contributed by atoms with Gasteiger partial charge in [0.15, 0.2) is 0 Å². The van der Waals surface area contributed by atoms with Crippen LogP contribution < -0.4 is 0 Å². The molecule has 7 heteroatoms. The average Bonchev–Trinajstić information content (AvgIpc) is 2.04. The van der Waals surface area contributed by atoms with E-state index in [0.717, 1.165) is 6.08 Å². The second-order valence-electron chi connectivity index (χ2n) is 2.52. The summed E-state index contributed by atoms with van der Waals surface area (Å²) in [6, 6.07) is 0. The molecule has 7 nitrogen and oxygen atoms in total. The molecule has 1 N–H and O–H groups in total. The van der Waals surface area contributed by atoms with E-state index >= 15 is 0 Å². The normalized spacial score (nSPS) is 26.7. The van der Waals surface area contributed by atoms with E-state index in [4.69, 9.17) is 0 Å². The summed E-state index contributed by atoms with van der Waals surface area (Å²) in [6.45, 7) is 0. The van der Waals surface area contributed by atoms with Gasteiger partial charge in [0.25, 0.3) is 0 Å². The molecular weight excluding hydrogens is 180 g/mol. The van der Waals surface area contributed by atoms with Crippen LogP contribution in [-0.2, 0) is 0 Å². The van der Waals surface area contributed by atoms with Crippen LogP contribution in [0.25, 0.3) is 0 Å². The molecule has 0 radical (unpaired) electrons. The highest BCUT2D eigenvalue weighted by Crippen LogP contribution is 2.26. The molecule has 0 bridgehead atoms. The maximum absolute atomic E-state index is 10.4. The van der Waals surface area contributed by atoms with Crippen molar-refractivity contribution < 1.29 is 15.0 Å². The number of rotatable bonds is 2. The van der Waals surface area contributed by atoms with Crippen molar-refractivity contribution in [3.63, 3.8) is 0 Å². The van der Waals surface area contributed by atoms with Crippen LogP contribution in [-0.4, -0.2) is 20.7 Å². The number of hydrogen-bond acceptors (Lipinski definition) is 5. The Kier molecular flexibility index (Phi) is 2.11. The van der Waals surface area contributed by atoms with Crippen molar-refractivity contribution in [3.8, 4) is 0 Å². The lowest BCUT2D eigenvalue weighted by Crippen LogP contribution is -2.43. The number of allylic oxidation sites excluding steroid dienone is 2. The Balaban J connectivity index is 3.13. The molecule has 0 saturated heterocycles. The molecule has 1 atom stereocenters. The highest BCUT2D eigenvalue weighted by Gasteiger charge is 2.53. The fourth-order valence-electron chi connectivity index (χ4n) is 1.00. The third kappa shape index (κ3) is 1.41. The van der Waals surface area contributed by atoms with E-state index in [2.05, 4.69) is 0 Å². The topological polar surface area (TPSA) is 107 Å². The van der Waals surface area contributed by atoms with Crippen molar-refractivity contribution in [2.75, 3.05) is 0 Å². The van der Waals surface area contributed by atoms with Gasteiger partial charge >= 0.3 is 11.4 Å². The number of nitro groups is 2. The van der Waals surface area contributed by atoms with Crippen LogP contribution in [0, 0.1) is 20.2 Å². The van der Waals surface area contributed by atoms with E-state index in [1.54, 1.807) is 0 Å². The first-order chi connectivity index (χ1) is 5.98. The summed E-state index contributed by atoms with van der Waals surface area (Å²) < 4.78 is 0. The summed E-state index contributed by atoms with van der Waals surface area (Å²) in [5.74, 6) is 0. The fraction of sp³-hybridized carbons (Fsp3) is 0.333. The van der Waals surface area contributed by atoms with E-state index in [-0.39, 0.29) is 6.42 Å². The highest BCUT2D eigenvalue weighted by atomic mass is 16.7. The van der Waals surface area contributed by atoms with Crippen LogP contribution in [0.15, 0.2) is 23.9 Å². The molecule has 1 aliphatic rings. The first-order valence-electron chi connectivity index (χ1n) is 3.37. The van der Waals surface area contributed by atoms with Crippen molar-refractivity contribution in [2.24, 2.45) is 0 Å².